The van der Waals surface area contributed by atoms with Gasteiger partial charge in [0, 0.05) is 19.1 Å². The van der Waals surface area contributed by atoms with Crippen LogP contribution in [0.5, 0.6) is 0 Å². The van der Waals surface area contributed by atoms with Crippen LogP contribution < -0.4 is 5.32 Å². The molecule has 0 radical (unpaired) electrons. The second-order valence-electron chi connectivity index (χ2n) is 5.72. The Labute approximate surface area is 126 Å². The lowest BCUT2D eigenvalue weighted by Crippen LogP contribution is -2.42. The van der Waals surface area contributed by atoms with Crippen molar-refractivity contribution >= 4 is 0 Å². The Bertz CT molecular complexity index is 551. The normalized spacial score (nSPS) is 19.8. The van der Waals surface area contributed by atoms with Gasteiger partial charge in [0.1, 0.15) is 0 Å². The van der Waals surface area contributed by atoms with Gasteiger partial charge in [0.2, 0.25) is 0 Å². The van der Waals surface area contributed by atoms with Crippen molar-refractivity contribution in [2.24, 2.45) is 0 Å². The molecule has 1 aromatic heterocycles. The van der Waals surface area contributed by atoms with Gasteiger partial charge in [-0.2, -0.15) is 15.0 Å². The van der Waals surface area contributed by atoms with Crippen LogP contribution in [0, 0.1) is 0 Å². The number of likely N-dealkylation sites (tertiary alicyclic amines) is 1. The molecule has 1 saturated heterocycles. The number of hydrogen-bond donors (Lipinski definition) is 1. The Morgan fingerprint density at radius 2 is 2.10 bits per heavy atom. The van der Waals surface area contributed by atoms with Crippen LogP contribution in [0.1, 0.15) is 25.0 Å². The SMILES string of the molecule is CN1CCCCC1CNCc1cnn(-c2ccccc2)n1. The Kier molecular flexibility index (Phi) is 4.62. The first kappa shape index (κ1) is 14.2. The second-order valence-corrected chi connectivity index (χ2v) is 5.72. The molecule has 2 aromatic rings. The number of para-hydroxylation sites is 1. The van der Waals surface area contributed by atoms with Crippen LogP contribution in [0.3, 0.4) is 0 Å². The van der Waals surface area contributed by atoms with Crippen LogP contribution in [0.2, 0.25) is 0 Å². The molecule has 5 heteroatoms. The molecule has 112 valence electrons. The predicted molar refractivity (Wildman–Crippen MR) is 83.3 cm³/mol. The first-order chi connectivity index (χ1) is 10.3. The smallest absolute Gasteiger partial charge is 0.0969 e. The highest BCUT2D eigenvalue weighted by molar-refractivity contribution is 5.28. The van der Waals surface area contributed by atoms with E-state index in [0.717, 1.165) is 24.5 Å². The lowest BCUT2D eigenvalue weighted by molar-refractivity contribution is 0.181. The molecule has 3 rings (SSSR count). The molecule has 1 fully saturated rings. The maximum Gasteiger partial charge on any atom is 0.0969 e. The number of likely N-dealkylation sites (N-methyl/N-ethyl adjacent to an activating group) is 1. The maximum atomic E-state index is 4.51. The van der Waals surface area contributed by atoms with Gasteiger partial charge in [0.25, 0.3) is 0 Å². The molecule has 21 heavy (non-hydrogen) atoms. The second kappa shape index (κ2) is 6.83. The van der Waals surface area contributed by atoms with E-state index >= 15 is 0 Å². The quantitative estimate of drug-likeness (QED) is 0.910. The van der Waals surface area contributed by atoms with Crippen molar-refractivity contribution in [3.8, 4) is 5.69 Å². The molecule has 1 aromatic carbocycles. The van der Waals surface area contributed by atoms with Gasteiger partial charge >= 0.3 is 0 Å². The molecular formula is C16H23N5. The number of nitrogens with one attached hydrogen (secondary N) is 1. The fourth-order valence-corrected chi connectivity index (χ4v) is 2.83. The highest BCUT2D eigenvalue weighted by Crippen LogP contribution is 2.14. The zero-order valence-electron chi connectivity index (χ0n) is 12.6. The van der Waals surface area contributed by atoms with Crippen LogP contribution >= 0.6 is 0 Å². The van der Waals surface area contributed by atoms with Crippen molar-refractivity contribution in [3.05, 3.63) is 42.2 Å². The first-order valence-corrected chi connectivity index (χ1v) is 7.70. The summed E-state index contributed by atoms with van der Waals surface area (Å²) in [5.41, 5.74) is 1.98. The zero-order valence-corrected chi connectivity index (χ0v) is 12.6. The summed E-state index contributed by atoms with van der Waals surface area (Å²) in [4.78, 5) is 4.14. The monoisotopic (exact) mass is 285 g/mol. The Morgan fingerprint density at radius 1 is 1.24 bits per heavy atom. The minimum absolute atomic E-state index is 0.655. The van der Waals surface area contributed by atoms with Crippen LogP contribution in [-0.4, -0.2) is 46.1 Å². The van der Waals surface area contributed by atoms with E-state index in [0.29, 0.717) is 6.04 Å². The Hall–Kier alpha value is -1.72. The minimum Gasteiger partial charge on any atom is -0.309 e. The molecule has 0 aliphatic carbocycles. The molecule has 5 nitrogen and oxygen atoms in total. The molecule has 0 saturated carbocycles. The highest BCUT2D eigenvalue weighted by atomic mass is 15.5. The van der Waals surface area contributed by atoms with Crippen molar-refractivity contribution in [1.82, 2.24) is 25.2 Å². The molecule has 1 aliphatic rings. The van der Waals surface area contributed by atoms with E-state index in [1.807, 2.05) is 36.5 Å². The summed E-state index contributed by atoms with van der Waals surface area (Å²) in [6.45, 7) is 3.02. The number of aromatic nitrogens is 3. The van der Waals surface area contributed by atoms with E-state index < -0.39 is 0 Å². The first-order valence-electron chi connectivity index (χ1n) is 7.70. The Morgan fingerprint density at radius 3 is 2.90 bits per heavy atom. The molecule has 1 unspecified atom stereocenters. The lowest BCUT2D eigenvalue weighted by atomic mass is 10.0. The summed E-state index contributed by atoms with van der Waals surface area (Å²) in [6, 6.07) is 10.7. The molecule has 1 aliphatic heterocycles. The number of hydrogen-bond acceptors (Lipinski definition) is 4. The van der Waals surface area contributed by atoms with Gasteiger partial charge in [-0.3, -0.25) is 0 Å². The number of rotatable bonds is 5. The van der Waals surface area contributed by atoms with E-state index in [1.165, 1.54) is 25.8 Å². The maximum absolute atomic E-state index is 4.51. The fourth-order valence-electron chi connectivity index (χ4n) is 2.83. The number of nitrogens with zero attached hydrogens (tertiary/aromatic N) is 4. The minimum atomic E-state index is 0.655. The fraction of sp³-hybridized carbons (Fsp3) is 0.500. The average Bonchev–Trinajstić information content (AvgIpc) is 2.99. The number of benzene rings is 1. The summed E-state index contributed by atoms with van der Waals surface area (Å²) < 4.78 is 0. The topological polar surface area (TPSA) is 46.0 Å². The predicted octanol–water partition coefficient (Wildman–Crippen LogP) is 1.84. The lowest BCUT2D eigenvalue weighted by Gasteiger charge is -2.32. The van der Waals surface area contributed by atoms with Gasteiger partial charge in [-0.15, -0.1) is 0 Å². The van der Waals surface area contributed by atoms with Crippen molar-refractivity contribution in [3.63, 3.8) is 0 Å². The van der Waals surface area contributed by atoms with E-state index in [4.69, 9.17) is 0 Å². The molecule has 1 atom stereocenters. The van der Waals surface area contributed by atoms with Crippen LogP contribution in [0.15, 0.2) is 36.5 Å². The van der Waals surface area contributed by atoms with E-state index in [1.54, 1.807) is 4.80 Å². The van der Waals surface area contributed by atoms with Crippen LogP contribution in [-0.2, 0) is 6.54 Å². The zero-order chi connectivity index (χ0) is 14.5. The third-order valence-corrected chi connectivity index (χ3v) is 4.13. The molecule has 0 bridgehead atoms. The van der Waals surface area contributed by atoms with E-state index in [9.17, 15) is 0 Å². The van der Waals surface area contributed by atoms with Gasteiger partial charge in [0.05, 0.1) is 17.6 Å². The van der Waals surface area contributed by atoms with Crippen molar-refractivity contribution in [2.75, 3.05) is 20.1 Å². The third kappa shape index (κ3) is 3.68. The van der Waals surface area contributed by atoms with Crippen molar-refractivity contribution in [2.45, 2.75) is 31.8 Å². The summed E-state index contributed by atoms with van der Waals surface area (Å²) in [5.74, 6) is 0. The van der Waals surface area contributed by atoms with Gasteiger partial charge < -0.3 is 10.2 Å². The van der Waals surface area contributed by atoms with Crippen molar-refractivity contribution in [1.29, 1.82) is 0 Å². The summed E-state index contributed by atoms with van der Waals surface area (Å²) in [5, 5.41) is 12.3. The molecule has 0 amide bonds. The van der Waals surface area contributed by atoms with E-state index in [-0.39, 0.29) is 0 Å². The summed E-state index contributed by atoms with van der Waals surface area (Å²) in [7, 11) is 2.22. The Balaban J connectivity index is 1.51. The highest BCUT2D eigenvalue weighted by Gasteiger charge is 2.18. The summed E-state index contributed by atoms with van der Waals surface area (Å²) in [6.07, 6.45) is 5.81. The third-order valence-electron chi connectivity index (χ3n) is 4.13. The molecular weight excluding hydrogens is 262 g/mol. The standard InChI is InChI=1S/C16H23N5/c1-20-10-6-5-9-16(20)13-17-11-14-12-18-21(19-14)15-7-3-2-4-8-15/h2-4,7-8,12,16-17H,5-6,9-11,13H2,1H3. The van der Waals surface area contributed by atoms with Gasteiger partial charge in [-0.05, 0) is 38.6 Å². The van der Waals surface area contributed by atoms with Gasteiger partial charge in [-0.1, -0.05) is 24.6 Å². The van der Waals surface area contributed by atoms with E-state index in [2.05, 4.69) is 27.5 Å². The average molecular weight is 285 g/mol. The van der Waals surface area contributed by atoms with Crippen LogP contribution in [0.4, 0.5) is 0 Å². The van der Waals surface area contributed by atoms with Gasteiger partial charge in [-0.25, -0.2) is 0 Å². The van der Waals surface area contributed by atoms with Gasteiger partial charge in [0.15, 0.2) is 0 Å². The number of piperidine rings is 1. The van der Waals surface area contributed by atoms with Crippen LogP contribution in [0.25, 0.3) is 5.69 Å². The summed E-state index contributed by atoms with van der Waals surface area (Å²) >= 11 is 0. The largest absolute Gasteiger partial charge is 0.309 e. The molecule has 2 heterocycles. The molecule has 0 spiro atoms. The molecule has 1 N–H and O–H groups in total. The van der Waals surface area contributed by atoms with Crippen molar-refractivity contribution < 1.29 is 0 Å².